The number of rotatable bonds is 2. The van der Waals surface area contributed by atoms with Gasteiger partial charge in [0, 0.05) is 11.6 Å². The van der Waals surface area contributed by atoms with E-state index in [1.807, 2.05) is 0 Å². The first kappa shape index (κ1) is 15.1. The van der Waals surface area contributed by atoms with Gasteiger partial charge in [0.1, 0.15) is 5.75 Å². The maximum atomic E-state index is 13.8. The highest BCUT2D eigenvalue weighted by Gasteiger charge is 2.31. The molecule has 0 atom stereocenters. The van der Waals surface area contributed by atoms with Gasteiger partial charge in [0.2, 0.25) is 0 Å². The monoisotopic (exact) mass is 322 g/mol. The van der Waals surface area contributed by atoms with E-state index < -0.39 is 23.3 Å². The molecule has 0 aliphatic carbocycles. The van der Waals surface area contributed by atoms with E-state index in [-0.39, 0.29) is 5.75 Å². The second-order valence-electron chi connectivity index (χ2n) is 4.80. The average Bonchev–Trinajstić information content (AvgIpc) is 2.49. The molecule has 2 N–H and O–H groups in total. The number of fused-ring (bicyclic) bond motifs is 1. The first-order valence-corrected chi connectivity index (χ1v) is 6.54. The molecule has 0 bridgehead atoms. The van der Waals surface area contributed by atoms with Gasteiger partial charge in [0.05, 0.1) is 16.8 Å². The molecule has 0 fully saturated rings. The molecule has 7 heteroatoms. The molecule has 0 unspecified atom stereocenters. The van der Waals surface area contributed by atoms with Gasteiger partial charge in [0.25, 0.3) is 0 Å². The second-order valence-corrected chi connectivity index (χ2v) is 4.80. The first-order valence-electron chi connectivity index (χ1n) is 6.54. The zero-order valence-corrected chi connectivity index (χ0v) is 11.6. The molecule has 0 spiro atoms. The number of aromatic nitrogens is 1. The average molecular weight is 322 g/mol. The molecule has 0 saturated carbocycles. The van der Waals surface area contributed by atoms with Crippen molar-refractivity contribution >= 4 is 16.6 Å². The molecular weight excluding hydrogens is 312 g/mol. The van der Waals surface area contributed by atoms with Crippen LogP contribution >= 0.6 is 0 Å². The van der Waals surface area contributed by atoms with Crippen molar-refractivity contribution < 1.29 is 22.3 Å². The van der Waals surface area contributed by atoms with Gasteiger partial charge in [-0.1, -0.05) is 6.07 Å². The Labute approximate surface area is 128 Å². The summed E-state index contributed by atoms with van der Waals surface area (Å²) >= 11 is 0. The standard InChI is InChI=1S/C16H10F4N2O/c17-11-5-4-9(16(18,19)20)8-14(11)23-13-6-7-22-15-10(13)2-1-3-12(15)21/h1-8H,21H2. The van der Waals surface area contributed by atoms with Crippen LogP contribution in [0.2, 0.25) is 0 Å². The lowest BCUT2D eigenvalue weighted by Crippen LogP contribution is -2.05. The minimum atomic E-state index is -4.59. The molecule has 0 radical (unpaired) electrons. The zero-order valence-electron chi connectivity index (χ0n) is 11.6. The molecule has 0 aliphatic heterocycles. The summed E-state index contributed by atoms with van der Waals surface area (Å²) < 4.78 is 57.4. The Kier molecular flexibility index (Phi) is 3.55. The Balaban J connectivity index is 2.08. The van der Waals surface area contributed by atoms with Crippen molar-refractivity contribution in [1.29, 1.82) is 0 Å². The molecule has 0 aliphatic rings. The molecule has 1 heterocycles. The predicted molar refractivity (Wildman–Crippen MR) is 77.6 cm³/mol. The highest BCUT2D eigenvalue weighted by Crippen LogP contribution is 2.36. The number of hydrogen-bond acceptors (Lipinski definition) is 3. The molecule has 23 heavy (non-hydrogen) atoms. The van der Waals surface area contributed by atoms with E-state index in [9.17, 15) is 17.6 Å². The quantitative estimate of drug-likeness (QED) is 0.546. The van der Waals surface area contributed by atoms with Gasteiger partial charge in [-0.3, -0.25) is 4.98 Å². The summed E-state index contributed by atoms with van der Waals surface area (Å²) in [6, 6.07) is 8.34. The predicted octanol–water partition coefficient (Wildman–Crippen LogP) is 4.77. The van der Waals surface area contributed by atoms with Crippen molar-refractivity contribution in [3.05, 3.63) is 60.0 Å². The molecule has 118 valence electrons. The maximum Gasteiger partial charge on any atom is 0.416 e. The van der Waals surface area contributed by atoms with Gasteiger partial charge in [-0.25, -0.2) is 4.39 Å². The third-order valence-corrected chi connectivity index (χ3v) is 3.24. The van der Waals surface area contributed by atoms with Crippen molar-refractivity contribution in [2.45, 2.75) is 6.18 Å². The fourth-order valence-electron chi connectivity index (χ4n) is 2.14. The van der Waals surface area contributed by atoms with Gasteiger partial charge in [0.15, 0.2) is 11.6 Å². The topological polar surface area (TPSA) is 48.1 Å². The number of pyridine rings is 1. The molecular formula is C16H10F4N2O. The van der Waals surface area contributed by atoms with E-state index in [0.29, 0.717) is 28.7 Å². The van der Waals surface area contributed by atoms with Crippen molar-refractivity contribution in [2.75, 3.05) is 5.73 Å². The number of alkyl halides is 3. The van der Waals surface area contributed by atoms with Crippen LogP contribution < -0.4 is 10.5 Å². The number of nitrogens with zero attached hydrogens (tertiary/aromatic N) is 1. The Morgan fingerprint density at radius 2 is 1.78 bits per heavy atom. The van der Waals surface area contributed by atoms with Crippen LogP contribution in [0.15, 0.2) is 48.7 Å². The van der Waals surface area contributed by atoms with Crippen LogP contribution in [0.1, 0.15) is 5.56 Å². The normalized spacial score (nSPS) is 11.7. The number of nitrogens with two attached hydrogens (primary N) is 1. The number of ether oxygens (including phenoxy) is 1. The number of nitrogen functional groups attached to an aromatic ring is 1. The number of anilines is 1. The van der Waals surface area contributed by atoms with Crippen LogP contribution in [0, 0.1) is 5.82 Å². The van der Waals surface area contributed by atoms with E-state index in [4.69, 9.17) is 10.5 Å². The fraction of sp³-hybridized carbons (Fsp3) is 0.0625. The van der Waals surface area contributed by atoms with Crippen molar-refractivity contribution in [2.24, 2.45) is 0 Å². The van der Waals surface area contributed by atoms with E-state index in [0.717, 1.165) is 6.07 Å². The summed E-state index contributed by atoms with van der Waals surface area (Å²) in [5, 5.41) is 0.476. The summed E-state index contributed by atoms with van der Waals surface area (Å²) in [4.78, 5) is 4.08. The van der Waals surface area contributed by atoms with Gasteiger partial charge >= 0.3 is 6.18 Å². The summed E-state index contributed by atoms with van der Waals surface area (Å²) in [6.45, 7) is 0. The van der Waals surface area contributed by atoms with Crippen LogP contribution in [-0.4, -0.2) is 4.98 Å². The highest BCUT2D eigenvalue weighted by atomic mass is 19.4. The minimum absolute atomic E-state index is 0.167. The SMILES string of the molecule is Nc1cccc2c(Oc3cc(C(F)(F)F)ccc3F)ccnc12. The third-order valence-electron chi connectivity index (χ3n) is 3.24. The summed E-state index contributed by atoms with van der Waals surface area (Å²) in [7, 11) is 0. The lowest BCUT2D eigenvalue weighted by Gasteiger charge is -2.12. The lowest BCUT2D eigenvalue weighted by atomic mass is 10.1. The van der Waals surface area contributed by atoms with Crippen LogP contribution in [0.5, 0.6) is 11.5 Å². The van der Waals surface area contributed by atoms with Crippen LogP contribution in [-0.2, 0) is 6.18 Å². The molecule has 3 aromatic rings. The van der Waals surface area contributed by atoms with Gasteiger partial charge in [-0.15, -0.1) is 0 Å². The zero-order chi connectivity index (χ0) is 16.6. The summed E-state index contributed by atoms with van der Waals surface area (Å²) in [5.41, 5.74) is 5.61. The molecule has 0 amide bonds. The Morgan fingerprint density at radius 1 is 1.00 bits per heavy atom. The van der Waals surface area contributed by atoms with E-state index in [2.05, 4.69) is 4.98 Å². The smallest absolute Gasteiger partial charge is 0.416 e. The van der Waals surface area contributed by atoms with E-state index >= 15 is 0 Å². The number of benzene rings is 2. The summed E-state index contributed by atoms with van der Waals surface area (Å²) in [5.74, 6) is -1.25. The van der Waals surface area contributed by atoms with Gasteiger partial charge < -0.3 is 10.5 Å². The van der Waals surface area contributed by atoms with Crippen molar-refractivity contribution in [3.8, 4) is 11.5 Å². The van der Waals surface area contributed by atoms with Crippen LogP contribution in [0.25, 0.3) is 10.9 Å². The van der Waals surface area contributed by atoms with Gasteiger partial charge in [-0.05, 0) is 36.4 Å². The fourth-order valence-corrected chi connectivity index (χ4v) is 2.14. The minimum Gasteiger partial charge on any atom is -0.454 e. The molecule has 2 aromatic carbocycles. The molecule has 3 nitrogen and oxygen atoms in total. The first-order chi connectivity index (χ1) is 10.9. The number of halogens is 4. The highest BCUT2D eigenvalue weighted by molar-refractivity contribution is 5.93. The third kappa shape index (κ3) is 2.90. The molecule has 3 rings (SSSR count). The lowest BCUT2D eigenvalue weighted by molar-refractivity contribution is -0.137. The second kappa shape index (κ2) is 5.42. The largest absolute Gasteiger partial charge is 0.454 e. The van der Waals surface area contributed by atoms with Gasteiger partial charge in [-0.2, -0.15) is 13.2 Å². The Bertz CT molecular complexity index is 878. The Hall–Kier alpha value is -2.83. The maximum absolute atomic E-state index is 13.8. The van der Waals surface area contributed by atoms with E-state index in [1.165, 1.54) is 12.3 Å². The Morgan fingerprint density at radius 3 is 2.52 bits per heavy atom. The van der Waals surface area contributed by atoms with E-state index in [1.54, 1.807) is 18.2 Å². The van der Waals surface area contributed by atoms with Crippen LogP contribution in [0.4, 0.5) is 23.2 Å². The van der Waals surface area contributed by atoms with Crippen molar-refractivity contribution in [1.82, 2.24) is 4.98 Å². The molecule has 1 aromatic heterocycles. The van der Waals surface area contributed by atoms with Crippen LogP contribution in [0.3, 0.4) is 0 Å². The molecule has 0 saturated heterocycles. The van der Waals surface area contributed by atoms with Crippen molar-refractivity contribution in [3.63, 3.8) is 0 Å². The number of hydrogen-bond donors (Lipinski definition) is 1. The number of para-hydroxylation sites is 1. The summed E-state index contributed by atoms with van der Waals surface area (Å²) in [6.07, 6.45) is -3.20.